The number of β-amino-alcohol motifs (C(OH)–C–C–N with tert-alkyl or cyclic N) is 1. The molecule has 238 valence electrons. The number of rotatable bonds is 10. The van der Waals surface area contributed by atoms with Gasteiger partial charge >= 0.3 is 18.1 Å². The molecule has 2 aromatic rings. The molecule has 0 saturated carbocycles. The van der Waals surface area contributed by atoms with E-state index in [1.54, 1.807) is 12.1 Å². The summed E-state index contributed by atoms with van der Waals surface area (Å²) in [5, 5.41) is 41.1. The van der Waals surface area contributed by atoms with Gasteiger partial charge < -0.3 is 35.4 Å². The zero-order chi connectivity index (χ0) is 31.7. The Morgan fingerprint density at radius 1 is 1.05 bits per heavy atom. The molecule has 0 aromatic heterocycles. The van der Waals surface area contributed by atoms with Crippen molar-refractivity contribution in [3.05, 3.63) is 57.6 Å². The fourth-order valence-electron chi connectivity index (χ4n) is 5.00. The number of nitrogens with one attached hydrogen (secondary N) is 1. The van der Waals surface area contributed by atoms with Crippen LogP contribution in [0.15, 0.2) is 36.4 Å². The van der Waals surface area contributed by atoms with Crippen molar-refractivity contribution in [2.45, 2.75) is 50.2 Å². The molecule has 0 spiro atoms. The number of carboxylic acid groups (broad SMARTS) is 2. The standard InChI is InChI=1S/C26H33Cl2N3O5.C2HF3O2/c27-19-3-1-17(2-4-19)14-30-7-5-20(6-8-30)29-22-15-31(16-24(22)33)23-13-25(36-10-9-32)21(28)11-18(23)12-26(34)35;3-2(4,5)1(6)7/h1-4,11,13,20,22,24,29,32-33H,5-10,12,14-16H2,(H,34,35);(H,6,7)/t22-,24-;/m1./s1. The first-order valence-corrected chi connectivity index (χ1v) is 14.3. The highest BCUT2D eigenvalue weighted by Gasteiger charge is 2.38. The molecule has 2 aromatic carbocycles. The van der Waals surface area contributed by atoms with Crippen LogP contribution < -0.4 is 15.0 Å². The number of anilines is 1. The van der Waals surface area contributed by atoms with E-state index in [-0.39, 0.29) is 25.7 Å². The van der Waals surface area contributed by atoms with Crippen molar-refractivity contribution in [3.8, 4) is 5.75 Å². The quantitative estimate of drug-likeness (QED) is 0.259. The van der Waals surface area contributed by atoms with Crippen LogP contribution in [0.3, 0.4) is 0 Å². The first kappa shape index (κ1) is 34.7. The van der Waals surface area contributed by atoms with Crippen molar-refractivity contribution in [1.29, 1.82) is 0 Å². The maximum absolute atomic E-state index is 11.5. The van der Waals surface area contributed by atoms with Crippen molar-refractivity contribution in [1.82, 2.24) is 10.2 Å². The lowest BCUT2D eigenvalue weighted by Gasteiger charge is -2.34. The Hall–Kier alpha value is -2.81. The van der Waals surface area contributed by atoms with E-state index in [1.165, 1.54) is 5.56 Å². The highest BCUT2D eigenvalue weighted by molar-refractivity contribution is 6.32. The molecule has 4 rings (SSSR count). The van der Waals surface area contributed by atoms with Gasteiger partial charge in [-0.1, -0.05) is 35.3 Å². The van der Waals surface area contributed by atoms with E-state index in [2.05, 4.69) is 22.3 Å². The molecule has 2 fully saturated rings. The van der Waals surface area contributed by atoms with Crippen LogP contribution in [-0.4, -0.2) is 101 Å². The van der Waals surface area contributed by atoms with Gasteiger partial charge in [-0.05, 0) is 55.3 Å². The van der Waals surface area contributed by atoms with Gasteiger partial charge in [0.1, 0.15) is 12.4 Å². The lowest BCUT2D eigenvalue weighted by Crippen LogP contribution is -2.49. The molecule has 2 aliphatic heterocycles. The number of halogens is 5. The van der Waals surface area contributed by atoms with Gasteiger partial charge in [-0.2, -0.15) is 13.2 Å². The number of likely N-dealkylation sites (tertiary alicyclic amines) is 1. The molecule has 2 atom stereocenters. The van der Waals surface area contributed by atoms with Gasteiger partial charge in [0.25, 0.3) is 0 Å². The smallest absolute Gasteiger partial charge is 0.490 e. The molecule has 2 aliphatic rings. The summed E-state index contributed by atoms with van der Waals surface area (Å²) in [6.07, 6.45) is -3.89. The maximum Gasteiger partial charge on any atom is 0.490 e. The minimum absolute atomic E-state index is 0.0843. The van der Waals surface area contributed by atoms with Gasteiger partial charge in [0.2, 0.25) is 0 Å². The van der Waals surface area contributed by atoms with Crippen molar-refractivity contribution in [2.24, 2.45) is 0 Å². The van der Waals surface area contributed by atoms with Crippen LogP contribution in [0.5, 0.6) is 5.75 Å². The normalized spacial score (nSPS) is 19.6. The highest BCUT2D eigenvalue weighted by atomic mass is 35.5. The number of ether oxygens (including phenoxy) is 1. The monoisotopic (exact) mass is 651 g/mol. The zero-order valence-electron chi connectivity index (χ0n) is 23.1. The summed E-state index contributed by atoms with van der Waals surface area (Å²) in [6.45, 7) is 3.68. The fraction of sp³-hybridized carbons (Fsp3) is 0.500. The Morgan fingerprint density at radius 3 is 2.23 bits per heavy atom. The van der Waals surface area contributed by atoms with Gasteiger partial charge in [0.15, 0.2) is 0 Å². The molecule has 2 heterocycles. The van der Waals surface area contributed by atoms with Crippen LogP contribution in [0.1, 0.15) is 24.0 Å². The van der Waals surface area contributed by atoms with Crippen LogP contribution in [0.25, 0.3) is 0 Å². The fourth-order valence-corrected chi connectivity index (χ4v) is 5.37. The maximum atomic E-state index is 11.5. The average Bonchev–Trinajstić information content (AvgIpc) is 3.29. The lowest BCUT2D eigenvalue weighted by atomic mass is 10.0. The molecule has 0 amide bonds. The molecule has 43 heavy (non-hydrogen) atoms. The third kappa shape index (κ3) is 10.7. The number of aliphatic hydroxyl groups excluding tert-OH is 2. The topological polar surface area (TPSA) is 143 Å². The number of benzene rings is 2. The summed E-state index contributed by atoms with van der Waals surface area (Å²) < 4.78 is 37.3. The predicted octanol–water partition coefficient (Wildman–Crippen LogP) is 3.43. The summed E-state index contributed by atoms with van der Waals surface area (Å²) in [6, 6.07) is 11.4. The van der Waals surface area contributed by atoms with Crippen LogP contribution in [-0.2, 0) is 22.6 Å². The zero-order valence-corrected chi connectivity index (χ0v) is 24.6. The SMILES string of the molecule is O=C(O)C(F)(F)F.O=C(O)Cc1cc(Cl)c(OCCO)cc1N1C[C@@H](O)[C@H](NC2CCN(Cc3ccc(Cl)cc3)CC2)C1. The third-order valence-corrected chi connectivity index (χ3v) is 7.60. The number of aliphatic hydroxyl groups is 2. The number of carboxylic acids is 2. The molecular weight excluding hydrogens is 618 g/mol. The third-order valence-electron chi connectivity index (χ3n) is 7.05. The first-order chi connectivity index (χ1) is 20.3. The van der Waals surface area contributed by atoms with E-state index < -0.39 is 24.2 Å². The van der Waals surface area contributed by atoms with Crippen LogP contribution in [0.2, 0.25) is 10.0 Å². The molecule has 0 aliphatic carbocycles. The summed E-state index contributed by atoms with van der Waals surface area (Å²) in [5.74, 6) is -3.34. The first-order valence-electron chi connectivity index (χ1n) is 13.5. The van der Waals surface area contributed by atoms with Crippen molar-refractivity contribution >= 4 is 40.8 Å². The summed E-state index contributed by atoms with van der Waals surface area (Å²) >= 11 is 12.3. The van der Waals surface area contributed by atoms with E-state index >= 15 is 0 Å². The summed E-state index contributed by atoms with van der Waals surface area (Å²) in [7, 11) is 0. The Bertz CT molecular complexity index is 1230. The van der Waals surface area contributed by atoms with E-state index in [9.17, 15) is 28.2 Å². The second-order valence-corrected chi connectivity index (χ2v) is 11.1. The average molecular weight is 652 g/mol. The van der Waals surface area contributed by atoms with E-state index in [0.717, 1.165) is 37.5 Å². The van der Waals surface area contributed by atoms with E-state index in [4.69, 9.17) is 42.9 Å². The largest absolute Gasteiger partial charge is 0.490 e. The lowest BCUT2D eigenvalue weighted by molar-refractivity contribution is -0.192. The second kappa shape index (κ2) is 15.8. The van der Waals surface area contributed by atoms with Crippen molar-refractivity contribution < 1.29 is 47.9 Å². The van der Waals surface area contributed by atoms with Crippen LogP contribution in [0, 0.1) is 0 Å². The van der Waals surface area contributed by atoms with Gasteiger partial charge in [-0.3, -0.25) is 9.69 Å². The van der Waals surface area contributed by atoms with Crippen LogP contribution in [0.4, 0.5) is 18.9 Å². The molecule has 0 unspecified atom stereocenters. The minimum Gasteiger partial charge on any atom is -0.490 e. The number of hydrogen-bond donors (Lipinski definition) is 5. The number of carbonyl (C=O) groups is 2. The second-order valence-electron chi connectivity index (χ2n) is 10.3. The summed E-state index contributed by atoms with van der Waals surface area (Å²) in [5.41, 5.74) is 2.48. The van der Waals surface area contributed by atoms with Crippen molar-refractivity contribution in [3.63, 3.8) is 0 Å². The number of piperidine rings is 1. The van der Waals surface area contributed by atoms with E-state index in [0.29, 0.717) is 41.2 Å². The Kier molecular flexibility index (Phi) is 12.7. The van der Waals surface area contributed by atoms with Crippen molar-refractivity contribution in [2.75, 3.05) is 44.3 Å². The van der Waals surface area contributed by atoms with Gasteiger partial charge in [0.05, 0.1) is 30.2 Å². The van der Waals surface area contributed by atoms with Gasteiger partial charge in [0, 0.05) is 42.5 Å². The number of alkyl halides is 3. The molecule has 15 heteroatoms. The molecule has 0 bridgehead atoms. The Labute approximate surface area is 256 Å². The minimum atomic E-state index is -5.08. The van der Waals surface area contributed by atoms with Gasteiger partial charge in [-0.15, -0.1) is 0 Å². The number of aliphatic carboxylic acids is 2. The molecule has 2 saturated heterocycles. The van der Waals surface area contributed by atoms with Crippen LogP contribution >= 0.6 is 23.2 Å². The predicted molar refractivity (Wildman–Crippen MR) is 154 cm³/mol. The Morgan fingerprint density at radius 2 is 1.67 bits per heavy atom. The van der Waals surface area contributed by atoms with Gasteiger partial charge in [-0.25, -0.2) is 4.79 Å². The molecular formula is C28H34Cl2F3N3O7. The molecule has 10 nitrogen and oxygen atoms in total. The Balaban J connectivity index is 0.000000646. The number of nitrogens with zero attached hydrogens (tertiary/aromatic N) is 2. The number of hydrogen-bond acceptors (Lipinski definition) is 8. The van der Waals surface area contributed by atoms with E-state index in [1.807, 2.05) is 17.0 Å². The highest BCUT2D eigenvalue weighted by Crippen LogP contribution is 2.35. The molecule has 0 radical (unpaired) electrons. The summed E-state index contributed by atoms with van der Waals surface area (Å²) in [4.78, 5) is 24.8. The molecule has 5 N–H and O–H groups in total.